The topological polar surface area (TPSA) is 24.9 Å². The summed E-state index contributed by atoms with van der Waals surface area (Å²) in [4.78, 5) is 4.19. The first-order valence-electron chi connectivity index (χ1n) is 5.29. The molecule has 0 saturated heterocycles. The summed E-state index contributed by atoms with van der Waals surface area (Å²) in [6.45, 7) is 6.58. The molecule has 76 valence electrons. The Morgan fingerprint density at radius 1 is 1.43 bits per heavy atom. The van der Waals surface area contributed by atoms with Crippen LogP contribution in [0.3, 0.4) is 0 Å². The first-order valence-corrected chi connectivity index (χ1v) is 5.29. The summed E-state index contributed by atoms with van der Waals surface area (Å²) in [6, 6.07) is 4.14. The number of nitrogens with one attached hydrogen (secondary N) is 1. The van der Waals surface area contributed by atoms with Crippen molar-refractivity contribution in [3.8, 4) is 0 Å². The number of anilines is 1. The van der Waals surface area contributed by atoms with E-state index < -0.39 is 0 Å². The Labute approximate surface area is 85.7 Å². The highest BCUT2D eigenvalue weighted by Gasteiger charge is 2.37. The van der Waals surface area contributed by atoms with Crippen LogP contribution < -0.4 is 5.32 Å². The van der Waals surface area contributed by atoms with Crippen molar-refractivity contribution in [3.05, 3.63) is 24.0 Å². The van der Waals surface area contributed by atoms with Gasteiger partial charge in [0.2, 0.25) is 0 Å². The van der Waals surface area contributed by atoms with Gasteiger partial charge < -0.3 is 5.32 Å². The monoisotopic (exact) mass is 190 g/mol. The van der Waals surface area contributed by atoms with E-state index in [-0.39, 0.29) is 5.54 Å². The van der Waals surface area contributed by atoms with Crippen LogP contribution in [0.4, 0.5) is 5.69 Å². The van der Waals surface area contributed by atoms with Gasteiger partial charge in [-0.1, -0.05) is 0 Å². The first kappa shape index (κ1) is 9.50. The molecule has 1 heterocycles. The lowest BCUT2D eigenvalue weighted by Crippen LogP contribution is -2.33. The van der Waals surface area contributed by atoms with Crippen LogP contribution in [0, 0.1) is 12.8 Å². The summed E-state index contributed by atoms with van der Waals surface area (Å²) in [5.41, 5.74) is 2.49. The van der Waals surface area contributed by atoms with E-state index in [0.29, 0.717) is 0 Å². The summed E-state index contributed by atoms with van der Waals surface area (Å²) in [7, 11) is 0. The molecule has 0 unspecified atom stereocenters. The van der Waals surface area contributed by atoms with E-state index in [4.69, 9.17) is 0 Å². The molecule has 1 aliphatic carbocycles. The van der Waals surface area contributed by atoms with E-state index in [2.05, 4.69) is 30.2 Å². The maximum absolute atomic E-state index is 4.19. The molecule has 1 aromatic rings. The third-order valence-electron chi connectivity index (χ3n) is 2.96. The van der Waals surface area contributed by atoms with E-state index in [1.165, 1.54) is 18.5 Å². The lowest BCUT2D eigenvalue weighted by molar-refractivity contribution is 0.494. The fraction of sp³-hybridized carbons (Fsp3) is 0.583. The average molecular weight is 190 g/mol. The van der Waals surface area contributed by atoms with Gasteiger partial charge in [-0.15, -0.1) is 0 Å². The van der Waals surface area contributed by atoms with Crippen LogP contribution in [-0.2, 0) is 0 Å². The Balaban J connectivity index is 2.09. The molecule has 0 amide bonds. The average Bonchev–Trinajstić information content (AvgIpc) is 2.84. The van der Waals surface area contributed by atoms with Crippen molar-refractivity contribution in [3.63, 3.8) is 0 Å². The Bertz CT molecular complexity index is 327. The number of nitrogens with zero attached hydrogens (tertiary/aromatic N) is 1. The molecule has 14 heavy (non-hydrogen) atoms. The summed E-state index contributed by atoms with van der Waals surface area (Å²) in [5.74, 6) is 0.843. The number of hydrogen-bond donors (Lipinski definition) is 1. The molecular weight excluding hydrogens is 172 g/mol. The molecule has 1 aliphatic rings. The van der Waals surface area contributed by atoms with Crippen molar-refractivity contribution in [2.24, 2.45) is 5.92 Å². The van der Waals surface area contributed by atoms with Crippen molar-refractivity contribution in [2.75, 3.05) is 5.32 Å². The lowest BCUT2D eigenvalue weighted by atomic mass is 9.98. The number of hydrogen-bond acceptors (Lipinski definition) is 2. The van der Waals surface area contributed by atoms with Gasteiger partial charge in [0.25, 0.3) is 0 Å². The number of rotatable bonds is 3. The summed E-state index contributed by atoms with van der Waals surface area (Å²) in [5, 5.41) is 3.58. The Morgan fingerprint density at radius 2 is 2.14 bits per heavy atom. The van der Waals surface area contributed by atoms with E-state index in [0.717, 1.165) is 11.6 Å². The highest BCUT2D eigenvalue weighted by Crippen LogP contribution is 2.40. The zero-order valence-corrected chi connectivity index (χ0v) is 9.17. The van der Waals surface area contributed by atoms with E-state index in [9.17, 15) is 0 Å². The fourth-order valence-electron chi connectivity index (χ4n) is 1.90. The largest absolute Gasteiger partial charge is 0.380 e. The molecule has 1 aromatic heterocycles. The van der Waals surface area contributed by atoms with Gasteiger partial charge in [-0.05, 0) is 51.7 Å². The van der Waals surface area contributed by atoms with Gasteiger partial charge in [0.05, 0.1) is 0 Å². The van der Waals surface area contributed by atoms with Crippen molar-refractivity contribution < 1.29 is 0 Å². The predicted molar refractivity (Wildman–Crippen MR) is 59.4 cm³/mol. The second kappa shape index (κ2) is 3.26. The van der Waals surface area contributed by atoms with Crippen LogP contribution >= 0.6 is 0 Å². The van der Waals surface area contributed by atoms with E-state index in [1.54, 1.807) is 0 Å². The Hall–Kier alpha value is -1.05. The molecule has 2 heteroatoms. The Kier molecular flexibility index (Phi) is 2.22. The van der Waals surface area contributed by atoms with Gasteiger partial charge in [0, 0.05) is 23.1 Å². The summed E-state index contributed by atoms with van der Waals surface area (Å²) >= 11 is 0. The van der Waals surface area contributed by atoms with Gasteiger partial charge >= 0.3 is 0 Å². The van der Waals surface area contributed by atoms with Crippen LogP contribution in [0.25, 0.3) is 0 Å². The number of aromatic nitrogens is 1. The minimum atomic E-state index is 0.230. The molecule has 0 aliphatic heterocycles. The molecule has 1 saturated carbocycles. The lowest BCUT2D eigenvalue weighted by Gasteiger charge is -2.27. The molecular formula is C12H18N2. The number of aryl methyl sites for hydroxylation is 1. The quantitative estimate of drug-likeness (QED) is 0.792. The zero-order valence-electron chi connectivity index (χ0n) is 9.17. The maximum atomic E-state index is 4.19. The third kappa shape index (κ3) is 2.06. The van der Waals surface area contributed by atoms with Gasteiger partial charge in [0.1, 0.15) is 0 Å². The summed E-state index contributed by atoms with van der Waals surface area (Å²) in [6.07, 6.45) is 4.59. The van der Waals surface area contributed by atoms with Crippen LogP contribution in [0.15, 0.2) is 18.3 Å². The second-order valence-corrected chi connectivity index (χ2v) is 4.81. The molecule has 0 spiro atoms. The summed E-state index contributed by atoms with van der Waals surface area (Å²) < 4.78 is 0. The van der Waals surface area contributed by atoms with Crippen LogP contribution in [0.5, 0.6) is 0 Å². The Morgan fingerprint density at radius 3 is 2.71 bits per heavy atom. The normalized spacial score (nSPS) is 16.8. The molecule has 0 aromatic carbocycles. The van der Waals surface area contributed by atoms with Crippen LogP contribution in [0.1, 0.15) is 32.4 Å². The van der Waals surface area contributed by atoms with E-state index in [1.807, 2.05) is 19.2 Å². The van der Waals surface area contributed by atoms with Gasteiger partial charge in [0.15, 0.2) is 0 Å². The standard InChI is InChI=1S/C12H18N2/c1-9-8-11(6-7-13-9)14-12(2,3)10-4-5-10/h6-8,10H,4-5H2,1-3H3,(H,13,14). The molecule has 2 nitrogen and oxygen atoms in total. The first-order chi connectivity index (χ1) is 6.58. The van der Waals surface area contributed by atoms with E-state index >= 15 is 0 Å². The van der Waals surface area contributed by atoms with Crippen LogP contribution in [0.2, 0.25) is 0 Å². The molecule has 0 atom stereocenters. The predicted octanol–water partition coefficient (Wildman–Crippen LogP) is 2.99. The minimum Gasteiger partial charge on any atom is -0.380 e. The minimum absolute atomic E-state index is 0.230. The molecule has 1 fully saturated rings. The molecule has 1 N–H and O–H groups in total. The van der Waals surface area contributed by atoms with Crippen molar-refractivity contribution >= 4 is 5.69 Å². The smallest absolute Gasteiger partial charge is 0.0393 e. The zero-order chi connectivity index (χ0) is 10.2. The van der Waals surface area contributed by atoms with Crippen molar-refractivity contribution in [1.29, 1.82) is 0 Å². The fourth-order valence-corrected chi connectivity index (χ4v) is 1.90. The molecule has 0 radical (unpaired) electrons. The van der Waals surface area contributed by atoms with Gasteiger partial charge in [-0.2, -0.15) is 0 Å². The third-order valence-corrected chi connectivity index (χ3v) is 2.96. The second-order valence-electron chi connectivity index (χ2n) is 4.81. The molecule has 0 bridgehead atoms. The molecule has 2 rings (SSSR count). The maximum Gasteiger partial charge on any atom is 0.0393 e. The number of pyridine rings is 1. The highest BCUT2D eigenvalue weighted by atomic mass is 15.0. The van der Waals surface area contributed by atoms with Crippen LogP contribution in [-0.4, -0.2) is 10.5 Å². The van der Waals surface area contributed by atoms with Crippen molar-refractivity contribution in [1.82, 2.24) is 4.98 Å². The van der Waals surface area contributed by atoms with Gasteiger partial charge in [-0.25, -0.2) is 0 Å². The highest BCUT2D eigenvalue weighted by molar-refractivity contribution is 5.45. The van der Waals surface area contributed by atoms with Gasteiger partial charge in [-0.3, -0.25) is 4.98 Å². The SMILES string of the molecule is Cc1cc(NC(C)(C)C2CC2)ccn1. The van der Waals surface area contributed by atoms with Crippen molar-refractivity contribution in [2.45, 2.75) is 39.2 Å².